The van der Waals surface area contributed by atoms with Crippen LogP contribution in [0, 0.1) is 11.8 Å². The van der Waals surface area contributed by atoms with Crippen LogP contribution in [0.3, 0.4) is 0 Å². The van der Waals surface area contributed by atoms with Crippen LogP contribution in [0.5, 0.6) is 0 Å². The monoisotopic (exact) mass is 197 g/mol. The van der Waals surface area contributed by atoms with Crippen LogP contribution in [0.2, 0.25) is 0 Å². The fourth-order valence-electron chi connectivity index (χ4n) is 2.57. The van der Waals surface area contributed by atoms with Gasteiger partial charge in [-0.1, -0.05) is 13.8 Å². The summed E-state index contributed by atoms with van der Waals surface area (Å²) >= 11 is 0. The van der Waals surface area contributed by atoms with Crippen LogP contribution >= 0.6 is 0 Å². The highest BCUT2D eigenvalue weighted by atomic mass is 16.1. The van der Waals surface area contributed by atoms with Crippen LogP contribution in [-0.4, -0.2) is 29.8 Å². The first kappa shape index (κ1) is 11.7. The highest BCUT2D eigenvalue weighted by molar-refractivity contribution is 5.53. The van der Waals surface area contributed by atoms with Gasteiger partial charge in [0.15, 0.2) is 0 Å². The van der Waals surface area contributed by atoms with Gasteiger partial charge in [0.1, 0.15) is 6.29 Å². The minimum absolute atomic E-state index is 0.295. The fraction of sp³-hybridized carbons (Fsp3) is 0.917. The molecule has 1 saturated heterocycles. The summed E-state index contributed by atoms with van der Waals surface area (Å²) in [5.74, 6) is 1.01. The Kier molecular flexibility index (Phi) is 4.11. The summed E-state index contributed by atoms with van der Waals surface area (Å²) < 4.78 is 0. The highest BCUT2D eigenvalue weighted by Crippen LogP contribution is 2.26. The number of hydrogen-bond donors (Lipinski definition) is 0. The van der Waals surface area contributed by atoms with E-state index in [0.29, 0.717) is 23.9 Å². The van der Waals surface area contributed by atoms with E-state index >= 15 is 0 Å². The molecule has 0 radical (unpaired) electrons. The Morgan fingerprint density at radius 1 is 1.29 bits per heavy atom. The zero-order valence-electron chi connectivity index (χ0n) is 9.86. The molecule has 1 heterocycles. The van der Waals surface area contributed by atoms with Crippen molar-refractivity contribution in [1.82, 2.24) is 4.90 Å². The average Bonchev–Trinajstić information content (AvgIpc) is 2.10. The van der Waals surface area contributed by atoms with Crippen molar-refractivity contribution < 1.29 is 4.79 Å². The minimum atomic E-state index is 0.295. The maximum Gasteiger partial charge on any atom is 0.123 e. The van der Waals surface area contributed by atoms with Gasteiger partial charge in [0.25, 0.3) is 0 Å². The summed E-state index contributed by atoms with van der Waals surface area (Å²) in [4.78, 5) is 13.3. The lowest BCUT2D eigenvalue weighted by Crippen LogP contribution is -2.48. The Bertz CT molecular complexity index is 179. The van der Waals surface area contributed by atoms with Gasteiger partial charge in [-0.3, -0.25) is 4.90 Å². The zero-order chi connectivity index (χ0) is 10.7. The number of nitrogens with zero attached hydrogens (tertiary/aromatic N) is 1. The molecule has 2 nitrogen and oxygen atoms in total. The van der Waals surface area contributed by atoms with E-state index in [1.807, 2.05) is 0 Å². The van der Waals surface area contributed by atoms with Crippen molar-refractivity contribution in [2.24, 2.45) is 11.8 Å². The minimum Gasteiger partial charge on any atom is -0.303 e. The van der Waals surface area contributed by atoms with Gasteiger partial charge >= 0.3 is 0 Å². The first-order chi connectivity index (χ1) is 6.54. The van der Waals surface area contributed by atoms with E-state index in [-0.39, 0.29) is 0 Å². The number of carbonyl (C=O) groups is 1. The van der Waals surface area contributed by atoms with Crippen LogP contribution in [0.4, 0.5) is 0 Å². The lowest BCUT2D eigenvalue weighted by Gasteiger charge is -2.42. The topological polar surface area (TPSA) is 20.3 Å². The molecule has 2 heteroatoms. The third-order valence-corrected chi connectivity index (χ3v) is 3.19. The first-order valence-electron chi connectivity index (χ1n) is 5.75. The number of aldehydes is 1. The first-order valence-corrected chi connectivity index (χ1v) is 5.75. The Morgan fingerprint density at radius 2 is 1.79 bits per heavy atom. The molecule has 0 N–H and O–H groups in total. The van der Waals surface area contributed by atoms with Crippen molar-refractivity contribution >= 4 is 6.29 Å². The van der Waals surface area contributed by atoms with E-state index in [0.717, 1.165) is 25.7 Å². The molecule has 0 amide bonds. The summed E-state index contributed by atoms with van der Waals surface area (Å²) in [5.41, 5.74) is 0. The molecule has 1 rings (SSSR count). The van der Waals surface area contributed by atoms with Crippen LogP contribution in [-0.2, 0) is 4.79 Å². The molecule has 14 heavy (non-hydrogen) atoms. The molecule has 2 atom stereocenters. The molecule has 0 unspecified atom stereocenters. The molecule has 0 spiro atoms. The number of likely N-dealkylation sites (tertiary alicyclic amines) is 1. The molecule has 82 valence electrons. The molecule has 0 aromatic carbocycles. The molecule has 1 fully saturated rings. The Hall–Kier alpha value is -0.370. The normalized spacial score (nSPS) is 34.8. The third-order valence-electron chi connectivity index (χ3n) is 3.19. The van der Waals surface area contributed by atoms with Crippen LogP contribution in [0.15, 0.2) is 0 Å². The summed E-state index contributed by atoms with van der Waals surface area (Å²) in [5, 5.41) is 0. The number of piperidine rings is 1. The quantitative estimate of drug-likeness (QED) is 0.647. The van der Waals surface area contributed by atoms with Gasteiger partial charge in [-0.05, 0) is 32.6 Å². The van der Waals surface area contributed by atoms with Crippen molar-refractivity contribution in [2.45, 2.75) is 52.6 Å². The van der Waals surface area contributed by atoms with Gasteiger partial charge in [-0.15, -0.1) is 0 Å². The van der Waals surface area contributed by atoms with E-state index in [9.17, 15) is 4.79 Å². The number of hydrogen-bond acceptors (Lipinski definition) is 2. The Morgan fingerprint density at radius 3 is 2.14 bits per heavy atom. The zero-order valence-corrected chi connectivity index (χ0v) is 9.86. The SMILES string of the molecule is CC(C)CN1[C@H](C)CC(C=O)C[C@H]1C. The summed E-state index contributed by atoms with van der Waals surface area (Å²) in [6, 6.07) is 1.13. The molecular formula is C12H23NO. The second-order valence-corrected chi connectivity index (χ2v) is 5.16. The Labute approximate surface area is 87.7 Å². The van der Waals surface area contributed by atoms with Crippen molar-refractivity contribution in [3.63, 3.8) is 0 Å². The van der Waals surface area contributed by atoms with Crippen molar-refractivity contribution in [3.05, 3.63) is 0 Å². The number of rotatable bonds is 3. The van der Waals surface area contributed by atoms with Gasteiger partial charge in [0.05, 0.1) is 0 Å². The summed E-state index contributed by atoms with van der Waals surface area (Å²) in [6.07, 6.45) is 3.22. The Balaban J connectivity index is 2.55. The van der Waals surface area contributed by atoms with E-state index in [1.54, 1.807) is 0 Å². The molecule has 0 aromatic heterocycles. The highest BCUT2D eigenvalue weighted by Gasteiger charge is 2.30. The van der Waals surface area contributed by atoms with Gasteiger partial charge < -0.3 is 4.79 Å². The van der Waals surface area contributed by atoms with Crippen molar-refractivity contribution in [2.75, 3.05) is 6.54 Å². The van der Waals surface area contributed by atoms with E-state index in [4.69, 9.17) is 0 Å². The van der Waals surface area contributed by atoms with E-state index in [1.165, 1.54) is 0 Å². The standard InChI is InChI=1S/C12H23NO/c1-9(2)7-13-10(3)5-12(8-14)6-11(13)4/h8-12H,5-7H2,1-4H3/t10-,11-/m1/s1. The third kappa shape index (κ3) is 2.81. The van der Waals surface area contributed by atoms with Gasteiger partial charge in [0.2, 0.25) is 0 Å². The van der Waals surface area contributed by atoms with E-state index < -0.39 is 0 Å². The molecule has 0 bridgehead atoms. The number of carbonyl (C=O) groups excluding carboxylic acids is 1. The largest absolute Gasteiger partial charge is 0.303 e. The molecule has 1 aliphatic rings. The second kappa shape index (κ2) is 4.92. The van der Waals surface area contributed by atoms with Gasteiger partial charge in [-0.2, -0.15) is 0 Å². The molecular weight excluding hydrogens is 174 g/mol. The molecule has 0 saturated carbocycles. The van der Waals surface area contributed by atoms with Crippen LogP contribution in [0.1, 0.15) is 40.5 Å². The van der Waals surface area contributed by atoms with Crippen molar-refractivity contribution in [1.29, 1.82) is 0 Å². The lowest BCUT2D eigenvalue weighted by atomic mass is 9.87. The fourth-order valence-corrected chi connectivity index (χ4v) is 2.57. The van der Waals surface area contributed by atoms with Crippen LogP contribution < -0.4 is 0 Å². The maximum absolute atomic E-state index is 10.8. The van der Waals surface area contributed by atoms with E-state index in [2.05, 4.69) is 32.6 Å². The predicted octanol–water partition coefficient (Wildman–Crippen LogP) is 2.33. The second-order valence-electron chi connectivity index (χ2n) is 5.16. The summed E-state index contributed by atoms with van der Waals surface area (Å²) in [6.45, 7) is 10.2. The van der Waals surface area contributed by atoms with Gasteiger partial charge in [-0.25, -0.2) is 0 Å². The van der Waals surface area contributed by atoms with Crippen molar-refractivity contribution in [3.8, 4) is 0 Å². The van der Waals surface area contributed by atoms with Gasteiger partial charge in [0, 0.05) is 24.5 Å². The molecule has 0 aliphatic carbocycles. The lowest BCUT2D eigenvalue weighted by molar-refractivity contribution is -0.113. The van der Waals surface area contributed by atoms with Crippen LogP contribution in [0.25, 0.3) is 0 Å². The summed E-state index contributed by atoms with van der Waals surface area (Å²) in [7, 11) is 0. The molecule has 0 aromatic rings. The molecule has 1 aliphatic heterocycles. The predicted molar refractivity (Wildman–Crippen MR) is 59.3 cm³/mol. The maximum atomic E-state index is 10.8. The smallest absolute Gasteiger partial charge is 0.123 e. The average molecular weight is 197 g/mol.